The van der Waals surface area contributed by atoms with Crippen molar-refractivity contribution in [3.63, 3.8) is 0 Å². The summed E-state index contributed by atoms with van der Waals surface area (Å²) in [6, 6.07) is 1.74. The first-order chi connectivity index (χ1) is 9.16. The molecule has 0 bridgehead atoms. The van der Waals surface area contributed by atoms with Gasteiger partial charge in [-0.2, -0.15) is 16.1 Å². The summed E-state index contributed by atoms with van der Waals surface area (Å²) in [5.41, 5.74) is 0. The predicted molar refractivity (Wildman–Crippen MR) is 82.4 cm³/mol. The van der Waals surface area contributed by atoms with E-state index in [2.05, 4.69) is 5.32 Å². The first kappa shape index (κ1) is 15.3. The first-order valence-electron chi connectivity index (χ1n) is 6.51. The molecule has 1 N–H and O–H groups in total. The minimum absolute atomic E-state index is 0.491. The fourth-order valence-electron chi connectivity index (χ4n) is 2.03. The van der Waals surface area contributed by atoms with E-state index in [0.717, 1.165) is 29.3 Å². The summed E-state index contributed by atoms with van der Waals surface area (Å²) >= 11 is 3.35. The molecule has 0 atom stereocenters. The summed E-state index contributed by atoms with van der Waals surface area (Å²) in [5, 5.41) is 5.07. The Bertz CT molecular complexity index is 491. The molecule has 19 heavy (non-hydrogen) atoms. The molecule has 108 valence electrons. The van der Waals surface area contributed by atoms with Gasteiger partial charge in [-0.25, -0.2) is 8.42 Å². The lowest BCUT2D eigenvalue weighted by atomic mass is 10.4. The van der Waals surface area contributed by atoms with E-state index in [1.807, 2.05) is 24.1 Å². The first-order valence-corrected chi connectivity index (χ1v) is 9.98. The van der Waals surface area contributed by atoms with Gasteiger partial charge in [0.15, 0.2) is 0 Å². The molecule has 1 aromatic rings. The Morgan fingerprint density at radius 1 is 1.37 bits per heavy atom. The number of hydrogen-bond acceptors (Lipinski definition) is 5. The van der Waals surface area contributed by atoms with Gasteiger partial charge in [-0.1, -0.05) is 6.92 Å². The molecule has 0 unspecified atom stereocenters. The molecular weight excluding hydrogens is 300 g/mol. The van der Waals surface area contributed by atoms with Crippen molar-refractivity contribution in [3.8, 4) is 0 Å². The molecule has 1 fully saturated rings. The van der Waals surface area contributed by atoms with Crippen LogP contribution in [0.4, 0.5) is 0 Å². The number of rotatable bonds is 5. The molecule has 1 saturated heterocycles. The van der Waals surface area contributed by atoms with E-state index in [1.54, 1.807) is 10.4 Å². The minimum Gasteiger partial charge on any atom is -0.312 e. The topological polar surface area (TPSA) is 49.4 Å². The average Bonchev–Trinajstić information content (AvgIpc) is 2.69. The largest absolute Gasteiger partial charge is 0.312 e. The number of hydrogen-bond donors (Lipinski definition) is 1. The van der Waals surface area contributed by atoms with Gasteiger partial charge in [0.05, 0.1) is 4.90 Å². The Kier molecular flexibility index (Phi) is 5.70. The molecule has 1 aliphatic rings. The molecule has 0 spiro atoms. The van der Waals surface area contributed by atoms with Crippen molar-refractivity contribution in [2.24, 2.45) is 0 Å². The van der Waals surface area contributed by atoms with E-state index in [9.17, 15) is 8.42 Å². The third-order valence-electron chi connectivity index (χ3n) is 3.04. The van der Waals surface area contributed by atoms with Gasteiger partial charge >= 0.3 is 0 Å². The zero-order valence-electron chi connectivity index (χ0n) is 11.1. The number of sulfonamides is 1. The Morgan fingerprint density at radius 3 is 3.00 bits per heavy atom. The second-order valence-corrected chi connectivity index (χ2v) is 8.49. The van der Waals surface area contributed by atoms with E-state index in [0.29, 0.717) is 24.5 Å². The lowest BCUT2D eigenvalue weighted by Gasteiger charge is -2.19. The van der Waals surface area contributed by atoms with E-state index >= 15 is 0 Å². The molecule has 0 aromatic carbocycles. The molecule has 4 nitrogen and oxygen atoms in total. The van der Waals surface area contributed by atoms with Crippen molar-refractivity contribution in [1.82, 2.24) is 9.62 Å². The molecule has 2 heterocycles. The third-order valence-corrected chi connectivity index (χ3v) is 7.12. The zero-order valence-corrected chi connectivity index (χ0v) is 13.5. The van der Waals surface area contributed by atoms with Gasteiger partial charge in [0.2, 0.25) is 10.0 Å². The van der Waals surface area contributed by atoms with Gasteiger partial charge < -0.3 is 5.32 Å². The SMILES string of the molecule is CCNCc1sccc1S(=O)(=O)N1CCCSCC1. The number of nitrogens with zero attached hydrogens (tertiary/aromatic N) is 1. The number of thiophene rings is 1. The van der Waals surface area contributed by atoms with Crippen LogP contribution in [-0.2, 0) is 16.6 Å². The van der Waals surface area contributed by atoms with Crippen molar-refractivity contribution in [1.29, 1.82) is 0 Å². The summed E-state index contributed by atoms with van der Waals surface area (Å²) in [6.45, 7) is 4.77. The summed E-state index contributed by atoms with van der Waals surface area (Å²) in [6.07, 6.45) is 0.941. The molecule has 0 radical (unpaired) electrons. The van der Waals surface area contributed by atoms with Crippen LogP contribution in [0.2, 0.25) is 0 Å². The zero-order chi connectivity index (χ0) is 13.7. The van der Waals surface area contributed by atoms with E-state index in [1.165, 1.54) is 11.3 Å². The van der Waals surface area contributed by atoms with Crippen LogP contribution >= 0.6 is 23.1 Å². The molecule has 1 aromatic heterocycles. The van der Waals surface area contributed by atoms with Gasteiger partial charge in [0.1, 0.15) is 0 Å². The van der Waals surface area contributed by atoms with Crippen LogP contribution in [0.15, 0.2) is 16.3 Å². The van der Waals surface area contributed by atoms with Crippen molar-refractivity contribution >= 4 is 33.1 Å². The Morgan fingerprint density at radius 2 is 2.21 bits per heavy atom. The summed E-state index contributed by atoms with van der Waals surface area (Å²) in [5.74, 6) is 1.95. The van der Waals surface area contributed by atoms with Crippen LogP contribution in [0.5, 0.6) is 0 Å². The van der Waals surface area contributed by atoms with Gasteiger partial charge in [0.25, 0.3) is 0 Å². The third kappa shape index (κ3) is 3.72. The maximum absolute atomic E-state index is 12.7. The maximum atomic E-state index is 12.7. The molecule has 1 aliphatic heterocycles. The highest BCUT2D eigenvalue weighted by Crippen LogP contribution is 2.26. The number of thioether (sulfide) groups is 1. The van der Waals surface area contributed by atoms with Crippen LogP contribution in [0.3, 0.4) is 0 Å². The smallest absolute Gasteiger partial charge is 0.244 e. The molecule has 0 amide bonds. The highest BCUT2D eigenvalue weighted by Gasteiger charge is 2.28. The van der Waals surface area contributed by atoms with E-state index < -0.39 is 10.0 Å². The van der Waals surface area contributed by atoms with Gasteiger partial charge in [0, 0.05) is 30.3 Å². The van der Waals surface area contributed by atoms with Crippen LogP contribution in [-0.4, -0.2) is 43.9 Å². The summed E-state index contributed by atoms with van der Waals surface area (Å²) in [4.78, 5) is 1.41. The predicted octanol–water partition coefficient (Wildman–Crippen LogP) is 1.99. The highest BCUT2D eigenvalue weighted by molar-refractivity contribution is 7.99. The van der Waals surface area contributed by atoms with Gasteiger partial charge in [-0.05, 0) is 30.2 Å². The summed E-state index contributed by atoms with van der Waals surface area (Å²) < 4.78 is 27.0. The van der Waals surface area contributed by atoms with E-state index in [-0.39, 0.29) is 0 Å². The molecule has 7 heteroatoms. The second kappa shape index (κ2) is 7.08. The second-order valence-electron chi connectivity index (χ2n) is 4.36. The standard InChI is InChI=1S/C12H20N2O2S3/c1-2-13-10-11-12(4-8-18-11)19(15,16)14-5-3-7-17-9-6-14/h4,8,13H,2-3,5-7,9-10H2,1H3. The fraction of sp³-hybridized carbons (Fsp3) is 0.667. The highest BCUT2D eigenvalue weighted by atomic mass is 32.2. The summed E-state index contributed by atoms with van der Waals surface area (Å²) in [7, 11) is -3.31. The van der Waals surface area contributed by atoms with Gasteiger partial charge in [-0.3, -0.25) is 0 Å². The van der Waals surface area contributed by atoms with Crippen molar-refractivity contribution in [2.45, 2.75) is 24.8 Å². The Labute approximate surface area is 123 Å². The Hall–Kier alpha value is -0.0800. The molecule has 0 aliphatic carbocycles. The van der Waals surface area contributed by atoms with Crippen LogP contribution in [0, 0.1) is 0 Å². The number of nitrogens with one attached hydrogen (secondary N) is 1. The normalized spacial score (nSPS) is 18.4. The van der Waals surface area contributed by atoms with Gasteiger partial charge in [-0.15, -0.1) is 11.3 Å². The molecule has 2 rings (SSSR count). The average molecular weight is 321 g/mol. The van der Waals surface area contributed by atoms with Crippen LogP contribution < -0.4 is 5.32 Å². The fourth-order valence-corrected chi connectivity index (χ4v) is 5.89. The minimum atomic E-state index is -3.31. The molecule has 0 saturated carbocycles. The monoisotopic (exact) mass is 320 g/mol. The quantitative estimate of drug-likeness (QED) is 0.901. The van der Waals surface area contributed by atoms with Crippen molar-refractivity contribution in [3.05, 3.63) is 16.3 Å². The van der Waals surface area contributed by atoms with Crippen LogP contribution in [0.1, 0.15) is 18.2 Å². The van der Waals surface area contributed by atoms with E-state index in [4.69, 9.17) is 0 Å². The van der Waals surface area contributed by atoms with Crippen molar-refractivity contribution < 1.29 is 8.42 Å². The van der Waals surface area contributed by atoms with Crippen LogP contribution in [0.25, 0.3) is 0 Å². The lowest BCUT2D eigenvalue weighted by Crippen LogP contribution is -2.33. The molecular formula is C12H20N2O2S3. The lowest BCUT2D eigenvalue weighted by molar-refractivity contribution is 0.434. The Balaban J connectivity index is 2.20. The maximum Gasteiger partial charge on any atom is 0.244 e. The van der Waals surface area contributed by atoms with Crippen molar-refractivity contribution in [2.75, 3.05) is 31.1 Å².